The largest absolute Gasteiger partial charge is 0.496 e. The third-order valence-electron chi connectivity index (χ3n) is 5.64. The number of thiophene rings is 1. The minimum atomic E-state index is -3.92. The number of carboxylic acid groups (broad SMARTS) is 1. The van der Waals surface area contributed by atoms with Crippen LogP contribution in [0.4, 0.5) is 5.82 Å². The number of rotatable bonds is 11. The highest BCUT2D eigenvalue weighted by Gasteiger charge is 2.23. The molecule has 0 saturated heterocycles. The Labute approximate surface area is 239 Å². The van der Waals surface area contributed by atoms with Gasteiger partial charge in [-0.15, -0.1) is 11.3 Å². The number of methoxy groups -OCH3 is 1. The number of anilines is 1. The molecule has 1 amide bonds. The van der Waals surface area contributed by atoms with Crippen molar-refractivity contribution in [1.82, 2.24) is 15.1 Å². The molecule has 6 N–H and O–H groups in total. The number of amides is 1. The minimum Gasteiger partial charge on any atom is -0.496 e. The van der Waals surface area contributed by atoms with Crippen LogP contribution in [0.25, 0.3) is 10.9 Å². The average molecular weight is 610 g/mol. The number of nitrogens with zero attached hydrogens (tertiary/aromatic N) is 2. The van der Waals surface area contributed by atoms with Gasteiger partial charge in [0.15, 0.2) is 5.82 Å². The molecule has 15 heteroatoms. The molecule has 0 aliphatic rings. The Hall–Kier alpha value is -3.69. The van der Waals surface area contributed by atoms with Crippen LogP contribution in [-0.4, -0.2) is 60.0 Å². The maximum absolute atomic E-state index is 13.0. The fourth-order valence-electron chi connectivity index (χ4n) is 3.93. The number of carbonyl (C=O) groups is 2. The molecule has 12 nitrogen and oxygen atoms in total. The Kier molecular flexibility index (Phi) is 10.5. The summed E-state index contributed by atoms with van der Waals surface area (Å²) >= 11 is 6.89. The van der Waals surface area contributed by atoms with Crippen molar-refractivity contribution in [1.29, 1.82) is 0 Å². The molecule has 0 unspecified atom stereocenters. The van der Waals surface area contributed by atoms with Gasteiger partial charge in [-0.2, -0.15) is 5.10 Å². The van der Waals surface area contributed by atoms with Crippen molar-refractivity contribution in [2.75, 3.05) is 11.8 Å². The first-order valence-electron chi connectivity index (χ1n) is 11.7. The summed E-state index contributed by atoms with van der Waals surface area (Å²) in [5.41, 5.74) is 7.79. The standard InChI is InChI=1S/C24H26ClN5O5S2.CH2O2/c1-14(31)22(23(26)32)27-12-15-5-3-6-16(11-15)13-30-17-7-4-8-18(35-2)21(17)24(28-30)29-37(33,34)20-10-9-19(25)36-20;2-1-3/h3-11,14,22,27,31H,12-13H2,1-2H3,(H2,26,32)(H,28,29);1H,(H,2,3)/t14-,22-;/m1./s1. The Morgan fingerprint density at radius 3 is 2.50 bits per heavy atom. The fraction of sp³-hybridized carbons (Fsp3) is 0.240. The van der Waals surface area contributed by atoms with Crippen LogP contribution in [0.1, 0.15) is 18.1 Å². The summed E-state index contributed by atoms with van der Waals surface area (Å²) in [6.45, 7) is 1.89. The molecule has 0 fully saturated rings. The number of nitrogens with one attached hydrogen (secondary N) is 2. The van der Waals surface area contributed by atoms with Gasteiger partial charge < -0.3 is 20.7 Å². The summed E-state index contributed by atoms with van der Waals surface area (Å²) in [7, 11) is -2.41. The van der Waals surface area contributed by atoms with E-state index >= 15 is 0 Å². The second-order valence-electron chi connectivity index (χ2n) is 8.45. The molecule has 4 rings (SSSR count). The van der Waals surface area contributed by atoms with Crippen LogP contribution >= 0.6 is 22.9 Å². The summed E-state index contributed by atoms with van der Waals surface area (Å²) < 4.78 is 36.2. The molecule has 2 aromatic carbocycles. The molecule has 0 radical (unpaired) electrons. The quantitative estimate of drug-likeness (QED) is 0.159. The first-order valence-corrected chi connectivity index (χ1v) is 14.4. The molecular weight excluding hydrogens is 582 g/mol. The lowest BCUT2D eigenvalue weighted by Gasteiger charge is -2.18. The van der Waals surface area contributed by atoms with E-state index in [0.717, 1.165) is 22.5 Å². The van der Waals surface area contributed by atoms with E-state index in [0.29, 0.717) is 34.1 Å². The molecule has 0 bridgehead atoms. The summed E-state index contributed by atoms with van der Waals surface area (Å²) in [6, 6.07) is 15.0. The molecule has 2 atom stereocenters. The van der Waals surface area contributed by atoms with Crippen LogP contribution in [0.15, 0.2) is 58.8 Å². The maximum Gasteiger partial charge on any atom is 0.290 e. The van der Waals surface area contributed by atoms with Gasteiger partial charge in [0, 0.05) is 6.54 Å². The lowest BCUT2D eigenvalue weighted by atomic mass is 10.1. The number of aliphatic hydroxyl groups excluding tert-OH is 1. The third kappa shape index (κ3) is 7.49. The number of hydrogen-bond donors (Lipinski definition) is 5. The van der Waals surface area contributed by atoms with Crippen LogP contribution in [0, 0.1) is 0 Å². The van der Waals surface area contributed by atoms with Gasteiger partial charge in [-0.05, 0) is 42.3 Å². The van der Waals surface area contributed by atoms with Crippen molar-refractivity contribution < 1.29 is 33.0 Å². The molecule has 0 aliphatic heterocycles. The molecular formula is C25H28ClN5O7S2. The molecule has 214 valence electrons. The lowest BCUT2D eigenvalue weighted by molar-refractivity contribution is -0.123. The van der Waals surface area contributed by atoms with E-state index in [1.807, 2.05) is 30.3 Å². The Balaban J connectivity index is 0.00000141. The topological polar surface area (TPSA) is 186 Å². The van der Waals surface area contributed by atoms with Crippen LogP contribution in [0.2, 0.25) is 4.34 Å². The molecule has 0 aliphatic carbocycles. The maximum atomic E-state index is 13.0. The zero-order chi connectivity index (χ0) is 29.4. The number of nitrogens with two attached hydrogens (primary N) is 1. The molecule has 2 aromatic heterocycles. The Morgan fingerprint density at radius 1 is 1.23 bits per heavy atom. The first kappa shape index (κ1) is 30.8. The van der Waals surface area contributed by atoms with Crippen LogP contribution < -0.4 is 20.5 Å². The number of carbonyl (C=O) groups excluding carboxylic acids is 1. The van der Waals surface area contributed by atoms with Crippen LogP contribution in [0.3, 0.4) is 0 Å². The first-order chi connectivity index (χ1) is 19.0. The van der Waals surface area contributed by atoms with Gasteiger partial charge in [0.05, 0.1) is 35.0 Å². The van der Waals surface area contributed by atoms with Crippen LogP contribution in [-0.2, 0) is 32.7 Å². The van der Waals surface area contributed by atoms with E-state index in [2.05, 4.69) is 15.1 Å². The van der Waals surface area contributed by atoms with Crippen LogP contribution in [0.5, 0.6) is 5.75 Å². The number of primary amides is 1. The lowest BCUT2D eigenvalue weighted by Crippen LogP contribution is -2.47. The molecule has 4 aromatic rings. The van der Waals surface area contributed by atoms with Crippen molar-refractivity contribution in [3.8, 4) is 5.75 Å². The second-order valence-corrected chi connectivity index (χ2v) is 12.1. The number of ether oxygens (including phenoxy) is 1. The Morgan fingerprint density at radius 2 is 1.90 bits per heavy atom. The van der Waals surface area contributed by atoms with Gasteiger partial charge >= 0.3 is 0 Å². The van der Waals surface area contributed by atoms with Gasteiger partial charge in [-0.25, -0.2) is 8.42 Å². The predicted octanol–water partition coefficient (Wildman–Crippen LogP) is 2.63. The number of halogens is 1. The minimum absolute atomic E-state index is 0.0711. The van der Waals surface area contributed by atoms with Crippen molar-refractivity contribution in [2.24, 2.45) is 5.73 Å². The summed E-state index contributed by atoms with van der Waals surface area (Å²) in [6.07, 6.45) is -0.932. The summed E-state index contributed by atoms with van der Waals surface area (Å²) in [5, 5.41) is 24.7. The normalized spacial score (nSPS) is 12.7. The van der Waals surface area contributed by atoms with Gasteiger partial charge in [0.25, 0.3) is 16.5 Å². The average Bonchev–Trinajstić information content (AvgIpc) is 3.48. The van der Waals surface area contributed by atoms with E-state index < -0.39 is 28.1 Å². The highest BCUT2D eigenvalue weighted by molar-refractivity contribution is 7.94. The van der Waals surface area contributed by atoms with E-state index in [1.165, 1.54) is 26.2 Å². The highest BCUT2D eigenvalue weighted by atomic mass is 35.5. The second kappa shape index (κ2) is 13.6. The zero-order valence-corrected chi connectivity index (χ0v) is 23.8. The summed E-state index contributed by atoms with van der Waals surface area (Å²) in [5.74, 6) is -0.0295. The van der Waals surface area contributed by atoms with E-state index in [9.17, 15) is 18.3 Å². The van der Waals surface area contributed by atoms with Crippen molar-refractivity contribution >= 4 is 62.1 Å². The van der Waals surface area contributed by atoms with E-state index in [4.69, 9.17) is 32.0 Å². The van der Waals surface area contributed by atoms with Gasteiger partial charge in [0.1, 0.15) is 16.0 Å². The number of aromatic nitrogens is 2. The molecule has 2 heterocycles. The molecule has 40 heavy (non-hydrogen) atoms. The van der Waals surface area contributed by atoms with Gasteiger partial charge in [-0.1, -0.05) is 41.9 Å². The van der Waals surface area contributed by atoms with Gasteiger partial charge in [0.2, 0.25) is 5.91 Å². The van der Waals surface area contributed by atoms with E-state index in [-0.39, 0.29) is 16.5 Å². The molecule has 0 spiro atoms. The predicted molar refractivity (Wildman–Crippen MR) is 152 cm³/mol. The fourth-order valence-corrected chi connectivity index (χ4v) is 6.42. The highest BCUT2D eigenvalue weighted by Crippen LogP contribution is 2.35. The Bertz CT molecular complexity index is 1590. The number of hydrogen-bond acceptors (Lipinski definition) is 9. The monoisotopic (exact) mass is 609 g/mol. The van der Waals surface area contributed by atoms with Crippen molar-refractivity contribution in [2.45, 2.75) is 36.4 Å². The number of sulfonamides is 1. The third-order valence-corrected chi connectivity index (χ3v) is 8.70. The van der Waals surface area contributed by atoms with Crippen molar-refractivity contribution in [3.05, 3.63) is 70.1 Å². The number of aliphatic hydroxyl groups is 1. The SMILES string of the molecule is COc1cccc2c1c(NS(=O)(=O)c1ccc(Cl)s1)nn2Cc1cccc(CN[C@@H](C(N)=O)[C@@H](C)O)c1.O=CO. The zero-order valence-electron chi connectivity index (χ0n) is 21.4. The summed E-state index contributed by atoms with van der Waals surface area (Å²) in [4.78, 5) is 19.9. The number of benzene rings is 2. The number of fused-ring (bicyclic) bond motifs is 1. The van der Waals surface area contributed by atoms with Crippen molar-refractivity contribution in [3.63, 3.8) is 0 Å². The van der Waals surface area contributed by atoms with E-state index in [1.54, 1.807) is 16.8 Å². The van der Waals surface area contributed by atoms with Gasteiger partial charge in [-0.3, -0.25) is 24.3 Å². The molecule has 0 saturated carbocycles. The smallest absolute Gasteiger partial charge is 0.290 e.